The lowest BCUT2D eigenvalue weighted by Crippen LogP contribution is -2.34. The van der Waals surface area contributed by atoms with Crippen molar-refractivity contribution in [3.05, 3.63) is 0 Å². The number of nitrogens with one attached hydrogen (secondary N) is 1. The maximum atomic E-state index is 11.5. The molecule has 15 heavy (non-hydrogen) atoms. The van der Waals surface area contributed by atoms with Crippen LogP contribution in [0.5, 0.6) is 0 Å². The highest BCUT2D eigenvalue weighted by Crippen LogP contribution is 2.22. The molecular formula is C11H23NO2S. The van der Waals surface area contributed by atoms with Gasteiger partial charge in [0.25, 0.3) is 0 Å². The minimum Gasteiger partial charge on any atom is -0.215 e. The molecule has 0 unspecified atom stereocenters. The van der Waals surface area contributed by atoms with Gasteiger partial charge < -0.3 is 0 Å². The molecule has 1 saturated carbocycles. The smallest absolute Gasteiger partial charge is 0.213 e. The molecule has 0 amide bonds. The minimum absolute atomic E-state index is 0.316. The molecule has 0 aromatic carbocycles. The van der Waals surface area contributed by atoms with Gasteiger partial charge in [0.15, 0.2) is 0 Å². The average molecular weight is 233 g/mol. The molecule has 1 rings (SSSR count). The van der Waals surface area contributed by atoms with Crippen LogP contribution in [0.15, 0.2) is 0 Å². The SMILES string of the molecule is CC(C)S(=O)(=O)NCC1CCCCCC1. The second-order valence-electron chi connectivity index (χ2n) is 4.80. The van der Waals surface area contributed by atoms with Gasteiger partial charge in [0.05, 0.1) is 5.25 Å². The van der Waals surface area contributed by atoms with Crippen molar-refractivity contribution in [3.63, 3.8) is 0 Å². The molecule has 0 atom stereocenters. The van der Waals surface area contributed by atoms with Crippen molar-refractivity contribution in [2.24, 2.45) is 5.92 Å². The van der Waals surface area contributed by atoms with Gasteiger partial charge in [-0.2, -0.15) is 0 Å². The molecule has 0 saturated heterocycles. The molecule has 0 radical (unpaired) electrons. The summed E-state index contributed by atoms with van der Waals surface area (Å²) < 4.78 is 25.8. The Labute approximate surface area is 93.7 Å². The summed E-state index contributed by atoms with van der Waals surface area (Å²) in [5.41, 5.74) is 0. The Morgan fingerprint density at radius 3 is 2.13 bits per heavy atom. The Bertz CT molecular complexity index is 264. The number of hydrogen-bond acceptors (Lipinski definition) is 2. The summed E-state index contributed by atoms with van der Waals surface area (Å²) in [7, 11) is -3.06. The van der Waals surface area contributed by atoms with Crippen LogP contribution in [0, 0.1) is 5.92 Å². The monoisotopic (exact) mass is 233 g/mol. The van der Waals surface area contributed by atoms with Gasteiger partial charge in [-0.05, 0) is 32.6 Å². The van der Waals surface area contributed by atoms with Crippen LogP contribution in [0.25, 0.3) is 0 Å². The molecule has 90 valence electrons. The zero-order valence-electron chi connectivity index (χ0n) is 9.83. The lowest BCUT2D eigenvalue weighted by Gasteiger charge is -2.16. The van der Waals surface area contributed by atoms with E-state index in [2.05, 4.69) is 4.72 Å². The van der Waals surface area contributed by atoms with Crippen LogP contribution in [0.3, 0.4) is 0 Å². The number of rotatable bonds is 4. The van der Waals surface area contributed by atoms with Crippen molar-refractivity contribution in [1.82, 2.24) is 4.72 Å². The summed E-state index contributed by atoms with van der Waals surface area (Å²) in [5.74, 6) is 0.557. The van der Waals surface area contributed by atoms with E-state index in [4.69, 9.17) is 0 Å². The Morgan fingerprint density at radius 2 is 1.67 bits per heavy atom. The molecule has 4 heteroatoms. The molecule has 0 aliphatic heterocycles. The van der Waals surface area contributed by atoms with E-state index >= 15 is 0 Å². The van der Waals surface area contributed by atoms with Crippen molar-refractivity contribution < 1.29 is 8.42 Å². The van der Waals surface area contributed by atoms with Crippen LogP contribution >= 0.6 is 0 Å². The van der Waals surface area contributed by atoms with E-state index in [0.717, 1.165) is 0 Å². The highest BCUT2D eigenvalue weighted by Gasteiger charge is 2.18. The summed E-state index contributed by atoms with van der Waals surface area (Å²) in [6.45, 7) is 4.07. The summed E-state index contributed by atoms with van der Waals surface area (Å²) in [6, 6.07) is 0. The molecule has 1 N–H and O–H groups in total. The zero-order chi connectivity index (χ0) is 11.3. The predicted molar refractivity (Wildman–Crippen MR) is 63.3 cm³/mol. The molecule has 1 fully saturated rings. The number of hydrogen-bond donors (Lipinski definition) is 1. The van der Waals surface area contributed by atoms with Gasteiger partial charge in [0, 0.05) is 6.54 Å². The van der Waals surface area contributed by atoms with Gasteiger partial charge in [-0.15, -0.1) is 0 Å². The second kappa shape index (κ2) is 5.85. The molecule has 0 spiro atoms. The quantitative estimate of drug-likeness (QED) is 0.757. The molecule has 0 aromatic heterocycles. The highest BCUT2D eigenvalue weighted by molar-refractivity contribution is 7.90. The Balaban J connectivity index is 2.35. The average Bonchev–Trinajstić information content (AvgIpc) is 2.42. The fraction of sp³-hybridized carbons (Fsp3) is 1.00. The van der Waals surface area contributed by atoms with Gasteiger partial charge in [-0.25, -0.2) is 13.1 Å². The third-order valence-electron chi connectivity index (χ3n) is 3.17. The van der Waals surface area contributed by atoms with Crippen molar-refractivity contribution in [1.29, 1.82) is 0 Å². The van der Waals surface area contributed by atoms with Crippen molar-refractivity contribution in [3.8, 4) is 0 Å². The van der Waals surface area contributed by atoms with Crippen LogP contribution in [0.4, 0.5) is 0 Å². The van der Waals surface area contributed by atoms with Crippen molar-refractivity contribution >= 4 is 10.0 Å². The van der Waals surface area contributed by atoms with E-state index in [1.54, 1.807) is 13.8 Å². The second-order valence-corrected chi connectivity index (χ2v) is 7.12. The van der Waals surface area contributed by atoms with Crippen molar-refractivity contribution in [2.45, 2.75) is 57.6 Å². The van der Waals surface area contributed by atoms with E-state index < -0.39 is 10.0 Å². The van der Waals surface area contributed by atoms with Crippen LogP contribution in [-0.2, 0) is 10.0 Å². The van der Waals surface area contributed by atoms with E-state index in [0.29, 0.717) is 12.5 Å². The molecule has 0 aromatic rings. The van der Waals surface area contributed by atoms with Gasteiger partial charge in [-0.3, -0.25) is 0 Å². The molecular weight excluding hydrogens is 210 g/mol. The van der Waals surface area contributed by atoms with Crippen LogP contribution < -0.4 is 4.72 Å². The standard InChI is InChI=1S/C11H23NO2S/c1-10(2)15(13,14)12-9-11-7-5-3-4-6-8-11/h10-12H,3-9H2,1-2H3. The van der Waals surface area contributed by atoms with Crippen LogP contribution in [-0.4, -0.2) is 20.2 Å². The first-order valence-corrected chi connectivity index (χ1v) is 7.55. The topological polar surface area (TPSA) is 46.2 Å². The fourth-order valence-corrected chi connectivity index (χ4v) is 2.77. The van der Waals surface area contributed by atoms with Crippen LogP contribution in [0.2, 0.25) is 0 Å². The molecule has 0 bridgehead atoms. The van der Waals surface area contributed by atoms with E-state index in [9.17, 15) is 8.42 Å². The van der Waals surface area contributed by atoms with Gasteiger partial charge in [-0.1, -0.05) is 25.7 Å². The van der Waals surface area contributed by atoms with Crippen LogP contribution in [0.1, 0.15) is 52.4 Å². The lowest BCUT2D eigenvalue weighted by atomic mass is 10.0. The molecule has 1 aliphatic carbocycles. The third-order valence-corrected chi connectivity index (χ3v) is 4.98. The minimum atomic E-state index is -3.06. The Morgan fingerprint density at radius 1 is 1.13 bits per heavy atom. The lowest BCUT2D eigenvalue weighted by molar-refractivity contribution is 0.450. The van der Waals surface area contributed by atoms with E-state index in [1.165, 1.54) is 38.5 Å². The van der Waals surface area contributed by atoms with Gasteiger partial charge in [0.1, 0.15) is 0 Å². The molecule has 1 aliphatic rings. The van der Waals surface area contributed by atoms with E-state index in [-0.39, 0.29) is 5.25 Å². The Hall–Kier alpha value is -0.0900. The van der Waals surface area contributed by atoms with Crippen molar-refractivity contribution in [2.75, 3.05) is 6.54 Å². The van der Waals surface area contributed by atoms with Gasteiger partial charge in [0.2, 0.25) is 10.0 Å². The first-order valence-electron chi connectivity index (χ1n) is 6.01. The molecule has 3 nitrogen and oxygen atoms in total. The Kier molecular flexibility index (Phi) is 5.06. The summed E-state index contributed by atoms with van der Waals surface area (Å²) in [5, 5.41) is -0.316. The zero-order valence-corrected chi connectivity index (χ0v) is 10.6. The first kappa shape index (κ1) is 13.0. The molecule has 0 heterocycles. The largest absolute Gasteiger partial charge is 0.215 e. The fourth-order valence-electron chi connectivity index (χ4n) is 1.97. The van der Waals surface area contributed by atoms with E-state index in [1.807, 2.05) is 0 Å². The maximum absolute atomic E-state index is 11.5. The third kappa shape index (κ3) is 4.51. The highest BCUT2D eigenvalue weighted by atomic mass is 32.2. The summed E-state index contributed by atoms with van der Waals surface area (Å²) >= 11 is 0. The summed E-state index contributed by atoms with van der Waals surface area (Å²) in [4.78, 5) is 0. The number of sulfonamides is 1. The normalized spacial score (nSPS) is 20.5. The maximum Gasteiger partial charge on any atom is 0.213 e. The van der Waals surface area contributed by atoms with Gasteiger partial charge >= 0.3 is 0 Å². The predicted octanol–water partition coefficient (Wildman–Crippen LogP) is 2.28. The summed E-state index contributed by atoms with van der Waals surface area (Å²) in [6.07, 6.45) is 7.50. The first-order chi connectivity index (χ1) is 7.02.